The molecular weight excluding hydrogens is 306 g/mol. The molecule has 24 heavy (non-hydrogen) atoms. The van der Waals surface area contributed by atoms with Crippen molar-refractivity contribution in [1.29, 1.82) is 0 Å². The van der Waals surface area contributed by atoms with E-state index in [1.807, 2.05) is 32.9 Å². The number of carbonyl (C=O) groups excluding carboxylic acids is 2. The van der Waals surface area contributed by atoms with Gasteiger partial charge in [0.2, 0.25) is 17.8 Å². The van der Waals surface area contributed by atoms with Crippen LogP contribution in [0.1, 0.15) is 40.0 Å². The Morgan fingerprint density at radius 2 is 1.79 bits per heavy atom. The van der Waals surface area contributed by atoms with E-state index in [2.05, 4.69) is 15.6 Å². The van der Waals surface area contributed by atoms with Gasteiger partial charge >= 0.3 is 0 Å². The summed E-state index contributed by atoms with van der Waals surface area (Å²) in [6.45, 7) is 5.87. The van der Waals surface area contributed by atoms with Crippen LogP contribution in [0.15, 0.2) is 29.3 Å². The number of nitrogens with one attached hydrogen (secondary N) is 2. The molecule has 0 spiro atoms. The summed E-state index contributed by atoms with van der Waals surface area (Å²) in [7, 11) is 1.55. The van der Waals surface area contributed by atoms with E-state index in [4.69, 9.17) is 4.74 Å². The van der Waals surface area contributed by atoms with Crippen LogP contribution in [0.5, 0.6) is 5.75 Å². The van der Waals surface area contributed by atoms with Crippen molar-refractivity contribution in [2.45, 2.75) is 40.0 Å². The van der Waals surface area contributed by atoms with Crippen molar-refractivity contribution in [3.8, 4) is 5.75 Å². The number of benzene rings is 1. The second kappa shape index (κ2) is 7.47. The first kappa shape index (κ1) is 18.0. The summed E-state index contributed by atoms with van der Waals surface area (Å²) in [5, 5.41) is 5.50. The number of carbonyl (C=O) groups is 2. The van der Waals surface area contributed by atoms with Crippen LogP contribution in [0.3, 0.4) is 0 Å². The van der Waals surface area contributed by atoms with Gasteiger partial charge in [0.25, 0.3) is 0 Å². The number of ether oxygens (including phenoxy) is 1. The van der Waals surface area contributed by atoms with E-state index in [9.17, 15) is 9.59 Å². The van der Waals surface area contributed by atoms with Gasteiger partial charge in [0.05, 0.1) is 7.11 Å². The average Bonchev–Trinajstić information content (AvgIpc) is 2.56. The molecule has 0 saturated carbocycles. The third-order valence-corrected chi connectivity index (χ3v) is 4.71. The zero-order valence-corrected chi connectivity index (χ0v) is 14.7. The predicted molar refractivity (Wildman–Crippen MR) is 93.2 cm³/mol. The van der Waals surface area contributed by atoms with Gasteiger partial charge < -0.3 is 4.74 Å². The van der Waals surface area contributed by atoms with Crippen LogP contribution in [0, 0.1) is 11.3 Å². The van der Waals surface area contributed by atoms with Crippen LogP contribution < -0.4 is 15.4 Å². The van der Waals surface area contributed by atoms with Gasteiger partial charge in [-0.25, -0.2) is 4.99 Å². The number of rotatable bonds is 6. The maximum atomic E-state index is 12.7. The highest BCUT2D eigenvalue weighted by Gasteiger charge is 2.51. The lowest BCUT2D eigenvalue weighted by Gasteiger charge is -2.39. The van der Waals surface area contributed by atoms with Crippen LogP contribution >= 0.6 is 0 Å². The molecule has 6 heteroatoms. The molecule has 130 valence electrons. The Morgan fingerprint density at radius 3 is 2.33 bits per heavy atom. The molecule has 2 rings (SSSR count). The SMILES string of the molecule is CCC[C@H](C)C1(CC)C(=O)NC(=Nc2ccccc2OC)NC1=O. The van der Waals surface area contributed by atoms with Gasteiger partial charge in [-0.1, -0.05) is 39.3 Å². The van der Waals surface area contributed by atoms with Gasteiger partial charge in [-0.15, -0.1) is 0 Å². The first-order valence-corrected chi connectivity index (χ1v) is 8.34. The van der Waals surface area contributed by atoms with Gasteiger partial charge in [0.1, 0.15) is 16.9 Å². The summed E-state index contributed by atoms with van der Waals surface area (Å²) in [4.78, 5) is 29.8. The number of nitrogens with zero attached hydrogens (tertiary/aromatic N) is 1. The highest BCUT2D eigenvalue weighted by atomic mass is 16.5. The number of amides is 2. The molecule has 0 unspecified atom stereocenters. The number of para-hydroxylation sites is 2. The first-order valence-electron chi connectivity index (χ1n) is 8.34. The summed E-state index contributed by atoms with van der Waals surface area (Å²) in [5.74, 6) is 0.0921. The van der Waals surface area contributed by atoms with E-state index in [1.165, 1.54) is 0 Å². The smallest absolute Gasteiger partial charge is 0.242 e. The second-order valence-corrected chi connectivity index (χ2v) is 6.06. The molecule has 1 fully saturated rings. The maximum absolute atomic E-state index is 12.7. The Balaban J connectivity index is 2.31. The van der Waals surface area contributed by atoms with Gasteiger partial charge in [0, 0.05) is 0 Å². The van der Waals surface area contributed by atoms with Crippen LogP contribution in [-0.2, 0) is 9.59 Å². The quantitative estimate of drug-likeness (QED) is 0.787. The van der Waals surface area contributed by atoms with Gasteiger partial charge in [-0.05, 0) is 30.9 Å². The Morgan fingerprint density at radius 1 is 1.17 bits per heavy atom. The molecule has 2 N–H and O–H groups in total. The van der Waals surface area contributed by atoms with E-state index in [1.54, 1.807) is 19.2 Å². The standard InChI is InChI=1S/C18H25N3O3/c1-5-9-12(3)18(6-2)15(22)20-17(21-16(18)23)19-13-10-7-8-11-14(13)24-4/h7-8,10-12H,5-6,9H2,1-4H3,(H2,19,20,21,22,23)/t12-/m0/s1. The van der Waals surface area contributed by atoms with E-state index < -0.39 is 5.41 Å². The van der Waals surface area contributed by atoms with Crippen LogP contribution in [0.25, 0.3) is 0 Å². The highest BCUT2D eigenvalue weighted by molar-refractivity contribution is 6.21. The number of aliphatic imine (C=N–C) groups is 1. The minimum atomic E-state index is -1.05. The summed E-state index contributed by atoms with van der Waals surface area (Å²) >= 11 is 0. The fourth-order valence-electron chi connectivity index (χ4n) is 3.27. The summed E-state index contributed by atoms with van der Waals surface area (Å²) in [6, 6.07) is 7.17. The number of hydrogen-bond donors (Lipinski definition) is 2. The Bertz CT molecular complexity index is 635. The fraction of sp³-hybridized carbons (Fsp3) is 0.500. The van der Waals surface area contributed by atoms with Crippen LogP contribution in [0.4, 0.5) is 5.69 Å². The molecule has 1 aliphatic heterocycles. The number of hydrogen-bond acceptors (Lipinski definition) is 4. The zero-order valence-electron chi connectivity index (χ0n) is 14.7. The molecule has 6 nitrogen and oxygen atoms in total. The minimum absolute atomic E-state index is 0.0414. The van der Waals surface area contributed by atoms with E-state index in [-0.39, 0.29) is 23.7 Å². The predicted octanol–water partition coefficient (Wildman–Crippen LogP) is 2.76. The van der Waals surface area contributed by atoms with Crippen molar-refractivity contribution in [3.63, 3.8) is 0 Å². The molecule has 1 aliphatic rings. The molecule has 1 heterocycles. The Hall–Kier alpha value is -2.37. The summed E-state index contributed by atoms with van der Waals surface area (Å²) < 4.78 is 5.24. The molecule has 1 aromatic carbocycles. The number of guanidine groups is 1. The fourth-order valence-corrected chi connectivity index (χ4v) is 3.27. The number of methoxy groups -OCH3 is 1. The molecule has 1 atom stereocenters. The minimum Gasteiger partial charge on any atom is -0.494 e. The van der Waals surface area contributed by atoms with E-state index in [0.717, 1.165) is 12.8 Å². The van der Waals surface area contributed by atoms with Crippen molar-refractivity contribution < 1.29 is 14.3 Å². The van der Waals surface area contributed by atoms with Gasteiger partial charge in [-0.3, -0.25) is 20.2 Å². The van der Waals surface area contributed by atoms with Crippen LogP contribution in [0.2, 0.25) is 0 Å². The molecule has 0 aliphatic carbocycles. The molecule has 0 aromatic heterocycles. The molecule has 1 saturated heterocycles. The Labute approximate surface area is 142 Å². The third kappa shape index (κ3) is 3.13. The highest BCUT2D eigenvalue weighted by Crippen LogP contribution is 2.37. The van der Waals surface area contributed by atoms with Crippen LogP contribution in [-0.4, -0.2) is 24.9 Å². The van der Waals surface area contributed by atoms with Crippen molar-refractivity contribution in [2.75, 3.05) is 7.11 Å². The molecule has 0 radical (unpaired) electrons. The maximum Gasteiger partial charge on any atom is 0.242 e. The topological polar surface area (TPSA) is 79.8 Å². The van der Waals surface area contributed by atoms with Crippen molar-refractivity contribution >= 4 is 23.5 Å². The zero-order chi connectivity index (χ0) is 17.7. The summed E-state index contributed by atoms with van der Waals surface area (Å²) in [6.07, 6.45) is 2.19. The van der Waals surface area contributed by atoms with Gasteiger partial charge in [0.15, 0.2) is 0 Å². The van der Waals surface area contributed by atoms with E-state index in [0.29, 0.717) is 17.9 Å². The van der Waals surface area contributed by atoms with Crippen molar-refractivity contribution in [2.24, 2.45) is 16.3 Å². The summed E-state index contributed by atoms with van der Waals surface area (Å²) in [5.41, 5.74) is -0.503. The van der Waals surface area contributed by atoms with E-state index >= 15 is 0 Å². The van der Waals surface area contributed by atoms with Crippen molar-refractivity contribution in [3.05, 3.63) is 24.3 Å². The first-order chi connectivity index (χ1) is 11.5. The molecule has 0 bridgehead atoms. The van der Waals surface area contributed by atoms with Crippen molar-refractivity contribution in [1.82, 2.24) is 10.6 Å². The lowest BCUT2D eigenvalue weighted by molar-refractivity contribution is -0.147. The average molecular weight is 331 g/mol. The second-order valence-electron chi connectivity index (χ2n) is 6.06. The normalized spacial score (nSPS) is 21.8. The molecule has 1 aromatic rings. The Kier molecular flexibility index (Phi) is 5.59. The molecule has 2 amide bonds. The largest absolute Gasteiger partial charge is 0.494 e. The monoisotopic (exact) mass is 331 g/mol. The van der Waals surface area contributed by atoms with Gasteiger partial charge in [-0.2, -0.15) is 0 Å². The molecular formula is C18H25N3O3. The third-order valence-electron chi connectivity index (χ3n) is 4.71. The lowest BCUT2D eigenvalue weighted by atomic mass is 9.70. The lowest BCUT2D eigenvalue weighted by Crippen LogP contribution is -2.64.